The zero-order valence-electron chi connectivity index (χ0n) is 10.2. The number of hydrogen-bond donors (Lipinski definition) is 1. The van der Waals surface area contributed by atoms with Crippen LogP contribution in [0.4, 0.5) is 0 Å². The molecule has 0 spiro atoms. The van der Waals surface area contributed by atoms with Gasteiger partial charge in [-0.05, 0) is 31.6 Å². The van der Waals surface area contributed by atoms with E-state index in [1.54, 1.807) is 4.31 Å². The lowest BCUT2D eigenvalue weighted by atomic mass is 10.1. The molecule has 102 valence electrons. The third-order valence-corrected chi connectivity index (χ3v) is 5.96. The third kappa shape index (κ3) is 3.56. The van der Waals surface area contributed by atoms with Gasteiger partial charge in [-0.25, -0.2) is 8.42 Å². The Hall–Kier alpha value is 0.160. The molecule has 2 rings (SSSR count). The molecular formula is C11H23ClN2O2S. The number of sulfonamides is 1. The van der Waals surface area contributed by atoms with Crippen LogP contribution >= 0.6 is 12.4 Å². The van der Waals surface area contributed by atoms with Crippen LogP contribution in [-0.2, 0) is 10.0 Å². The van der Waals surface area contributed by atoms with Crippen molar-refractivity contribution < 1.29 is 8.42 Å². The van der Waals surface area contributed by atoms with E-state index < -0.39 is 10.0 Å². The van der Waals surface area contributed by atoms with E-state index in [0.29, 0.717) is 24.8 Å². The number of halogens is 1. The van der Waals surface area contributed by atoms with E-state index in [1.165, 1.54) is 12.8 Å². The Balaban J connectivity index is 0.00000144. The summed E-state index contributed by atoms with van der Waals surface area (Å²) in [5.74, 6) is 0.743. The highest BCUT2D eigenvalue weighted by Gasteiger charge is 2.35. The Labute approximate surface area is 110 Å². The molecule has 0 aromatic heterocycles. The fraction of sp³-hybridized carbons (Fsp3) is 1.00. The molecule has 0 radical (unpaired) electrons. The Morgan fingerprint density at radius 3 is 2.35 bits per heavy atom. The second kappa shape index (κ2) is 6.36. The molecule has 0 amide bonds. The molecule has 1 aliphatic carbocycles. The first-order chi connectivity index (χ1) is 7.63. The second-order valence-corrected chi connectivity index (χ2v) is 7.04. The van der Waals surface area contributed by atoms with E-state index in [4.69, 9.17) is 5.73 Å². The first kappa shape index (κ1) is 15.2. The molecule has 1 saturated carbocycles. The van der Waals surface area contributed by atoms with Gasteiger partial charge in [-0.3, -0.25) is 0 Å². The van der Waals surface area contributed by atoms with Gasteiger partial charge in [0, 0.05) is 19.1 Å². The van der Waals surface area contributed by atoms with Crippen LogP contribution in [0.1, 0.15) is 38.5 Å². The summed E-state index contributed by atoms with van der Waals surface area (Å²) in [4.78, 5) is 0. The first-order valence-electron chi connectivity index (χ1n) is 6.33. The standard InChI is InChI=1S/C11H22N2O2S.ClH/c12-8-11-6-3-7-13(11)16(14,15)9-10-4-1-2-5-10;/h10-11H,1-9,12H2;1H. The Kier molecular flexibility index (Phi) is 5.70. The van der Waals surface area contributed by atoms with Gasteiger partial charge in [-0.15, -0.1) is 12.4 Å². The highest BCUT2D eigenvalue weighted by atomic mass is 35.5. The Morgan fingerprint density at radius 2 is 1.76 bits per heavy atom. The number of rotatable bonds is 4. The normalized spacial score (nSPS) is 27.2. The maximum Gasteiger partial charge on any atom is 0.214 e. The average molecular weight is 283 g/mol. The Bertz CT molecular complexity index is 328. The van der Waals surface area contributed by atoms with Crippen molar-refractivity contribution in [3.8, 4) is 0 Å². The molecule has 2 fully saturated rings. The van der Waals surface area contributed by atoms with Crippen molar-refractivity contribution >= 4 is 22.4 Å². The molecule has 1 atom stereocenters. The molecule has 17 heavy (non-hydrogen) atoms. The summed E-state index contributed by atoms with van der Waals surface area (Å²) in [6, 6.07) is 0.0615. The molecule has 2 N–H and O–H groups in total. The van der Waals surface area contributed by atoms with Gasteiger partial charge in [0.2, 0.25) is 10.0 Å². The molecular weight excluding hydrogens is 260 g/mol. The minimum absolute atomic E-state index is 0. The van der Waals surface area contributed by atoms with Crippen LogP contribution in [0.3, 0.4) is 0 Å². The Morgan fingerprint density at radius 1 is 1.12 bits per heavy atom. The lowest BCUT2D eigenvalue weighted by molar-refractivity contribution is 0.387. The molecule has 1 heterocycles. The maximum atomic E-state index is 12.2. The van der Waals surface area contributed by atoms with Gasteiger partial charge < -0.3 is 5.73 Å². The maximum absolute atomic E-state index is 12.2. The minimum atomic E-state index is -3.05. The minimum Gasteiger partial charge on any atom is -0.329 e. The summed E-state index contributed by atoms with van der Waals surface area (Å²) >= 11 is 0. The predicted molar refractivity (Wildman–Crippen MR) is 71.8 cm³/mol. The van der Waals surface area contributed by atoms with E-state index in [1.807, 2.05) is 0 Å². The van der Waals surface area contributed by atoms with Gasteiger partial charge in [0.15, 0.2) is 0 Å². The van der Waals surface area contributed by atoms with E-state index >= 15 is 0 Å². The summed E-state index contributed by atoms with van der Waals surface area (Å²) in [6.45, 7) is 1.14. The lowest BCUT2D eigenvalue weighted by Crippen LogP contribution is -2.42. The van der Waals surface area contributed by atoms with Gasteiger partial charge in [0.1, 0.15) is 0 Å². The van der Waals surface area contributed by atoms with E-state index in [-0.39, 0.29) is 18.4 Å². The molecule has 4 nitrogen and oxygen atoms in total. The predicted octanol–water partition coefficient (Wildman–Crippen LogP) is 1.35. The van der Waals surface area contributed by atoms with Gasteiger partial charge in [-0.2, -0.15) is 4.31 Å². The van der Waals surface area contributed by atoms with Crippen molar-refractivity contribution in [2.24, 2.45) is 11.7 Å². The summed E-state index contributed by atoms with van der Waals surface area (Å²) < 4.78 is 26.1. The fourth-order valence-corrected chi connectivity index (χ4v) is 5.16. The zero-order chi connectivity index (χ0) is 11.6. The summed E-state index contributed by atoms with van der Waals surface area (Å²) in [5.41, 5.74) is 5.62. The average Bonchev–Trinajstić information content (AvgIpc) is 2.85. The highest BCUT2D eigenvalue weighted by molar-refractivity contribution is 7.89. The van der Waals surface area contributed by atoms with E-state index in [9.17, 15) is 8.42 Å². The fourth-order valence-electron chi connectivity index (χ4n) is 2.98. The lowest BCUT2D eigenvalue weighted by Gasteiger charge is -2.24. The van der Waals surface area contributed by atoms with Crippen LogP contribution in [-0.4, -0.2) is 37.6 Å². The second-order valence-electron chi connectivity index (χ2n) is 5.07. The van der Waals surface area contributed by atoms with E-state index in [2.05, 4.69) is 0 Å². The first-order valence-corrected chi connectivity index (χ1v) is 7.94. The molecule has 1 unspecified atom stereocenters. The number of hydrogen-bond acceptors (Lipinski definition) is 3. The van der Waals surface area contributed by atoms with Crippen molar-refractivity contribution in [3.05, 3.63) is 0 Å². The number of nitrogens with zero attached hydrogens (tertiary/aromatic N) is 1. The van der Waals surface area contributed by atoms with Crippen molar-refractivity contribution in [3.63, 3.8) is 0 Å². The molecule has 6 heteroatoms. The SMILES string of the molecule is Cl.NCC1CCCN1S(=O)(=O)CC1CCCC1. The van der Waals surface area contributed by atoms with Crippen LogP contribution in [0, 0.1) is 5.92 Å². The van der Waals surface area contributed by atoms with Gasteiger partial charge in [0.05, 0.1) is 5.75 Å². The third-order valence-electron chi connectivity index (χ3n) is 3.87. The quantitative estimate of drug-likeness (QED) is 0.847. The van der Waals surface area contributed by atoms with E-state index in [0.717, 1.165) is 25.7 Å². The van der Waals surface area contributed by atoms with Crippen molar-refractivity contribution in [1.29, 1.82) is 0 Å². The summed E-state index contributed by atoms with van der Waals surface area (Å²) in [5, 5.41) is 0. The van der Waals surface area contributed by atoms with Crippen LogP contribution in [0.5, 0.6) is 0 Å². The van der Waals surface area contributed by atoms with Crippen LogP contribution in [0.15, 0.2) is 0 Å². The van der Waals surface area contributed by atoms with Crippen molar-refractivity contribution in [2.45, 2.75) is 44.6 Å². The smallest absolute Gasteiger partial charge is 0.214 e. The molecule has 0 aromatic carbocycles. The van der Waals surface area contributed by atoms with Crippen molar-refractivity contribution in [2.75, 3.05) is 18.8 Å². The molecule has 0 aromatic rings. The summed E-state index contributed by atoms with van der Waals surface area (Å²) in [6.07, 6.45) is 6.45. The highest BCUT2D eigenvalue weighted by Crippen LogP contribution is 2.29. The summed E-state index contributed by atoms with van der Waals surface area (Å²) in [7, 11) is -3.05. The van der Waals surface area contributed by atoms with Crippen molar-refractivity contribution in [1.82, 2.24) is 4.31 Å². The number of nitrogens with two attached hydrogens (primary N) is 1. The molecule has 2 aliphatic rings. The largest absolute Gasteiger partial charge is 0.329 e. The van der Waals surface area contributed by atoms with Gasteiger partial charge in [-0.1, -0.05) is 12.8 Å². The zero-order valence-corrected chi connectivity index (χ0v) is 11.8. The molecule has 1 aliphatic heterocycles. The van der Waals surface area contributed by atoms with Crippen LogP contribution < -0.4 is 5.73 Å². The molecule has 0 bridgehead atoms. The van der Waals surface area contributed by atoms with Gasteiger partial charge >= 0.3 is 0 Å². The monoisotopic (exact) mass is 282 g/mol. The van der Waals surface area contributed by atoms with Crippen LogP contribution in [0.2, 0.25) is 0 Å². The van der Waals surface area contributed by atoms with Crippen LogP contribution in [0.25, 0.3) is 0 Å². The topological polar surface area (TPSA) is 63.4 Å². The molecule has 1 saturated heterocycles. The van der Waals surface area contributed by atoms with Gasteiger partial charge in [0.25, 0.3) is 0 Å².